The molecule has 0 aromatic rings. The van der Waals surface area contributed by atoms with Gasteiger partial charge in [0.05, 0.1) is 0 Å². The van der Waals surface area contributed by atoms with E-state index in [1.54, 1.807) is 0 Å². The van der Waals surface area contributed by atoms with E-state index in [1.165, 1.54) is 270 Å². The van der Waals surface area contributed by atoms with Crippen LogP contribution in [-0.4, -0.2) is 37.2 Å². The van der Waals surface area contributed by atoms with Gasteiger partial charge < -0.3 is 14.2 Å². The fourth-order valence-corrected chi connectivity index (χ4v) is 10.4. The number of esters is 3. The van der Waals surface area contributed by atoms with Gasteiger partial charge in [0.1, 0.15) is 13.2 Å². The Morgan fingerprint density at radius 1 is 0.247 bits per heavy atom. The van der Waals surface area contributed by atoms with E-state index in [-0.39, 0.29) is 31.1 Å². The van der Waals surface area contributed by atoms with E-state index in [2.05, 4.69) is 57.2 Å². The second kappa shape index (κ2) is 66.1. The largest absolute Gasteiger partial charge is 0.462 e. The summed E-state index contributed by atoms with van der Waals surface area (Å²) in [6.07, 6.45) is 82.0. The first-order valence-electron chi connectivity index (χ1n) is 34.5. The molecule has 6 nitrogen and oxygen atoms in total. The first-order valence-corrected chi connectivity index (χ1v) is 34.5. The van der Waals surface area contributed by atoms with Crippen LogP contribution in [-0.2, 0) is 28.6 Å². The molecule has 0 aromatic heterocycles. The molecule has 6 heteroatoms. The van der Waals surface area contributed by atoms with Crippen LogP contribution in [0.2, 0.25) is 0 Å². The molecular formula is C71H132O6. The van der Waals surface area contributed by atoms with E-state index in [0.717, 1.165) is 70.6 Å². The summed E-state index contributed by atoms with van der Waals surface area (Å²) in [5.74, 6) is -0.873. The lowest BCUT2D eigenvalue weighted by Crippen LogP contribution is -2.30. The first-order chi connectivity index (χ1) is 38.0. The molecule has 1 unspecified atom stereocenters. The van der Waals surface area contributed by atoms with E-state index < -0.39 is 6.10 Å². The van der Waals surface area contributed by atoms with Crippen molar-refractivity contribution in [3.05, 3.63) is 36.5 Å². The van der Waals surface area contributed by atoms with Gasteiger partial charge in [-0.1, -0.05) is 301 Å². The molecule has 0 saturated heterocycles. The Hall–Kier alpha value is -2.37. The highest BCUT2D eigenvalue weighted by Gasteiger charge is 2.19. The van der Waals surface area contributed by atoms with Crippen molar-refractivity contribution >= 4 is 17.9 Å². The Bertz CT molecular complexity index is 1290. The lowest BCUT2D eigenvalue weighted by Gasteiger charge is -2.18. The van der Waals surface area contributed by atoms with Crippen molar-refractivity contribution in [1.82, 2.24) is 0 Å². The van der Waals surface area contributed by atoms with E-state index in [0.29, 0.717) is 19.3 Å². The molecule has 1 atom stereocenters. The molecule has 0 aromatic carbocycles. The Morgan fingerprint density at radius 3 is 0.675 bits per heavy atom. The van der Waals surface area contributed by atoms with Crippen LogP contribution in [0.1, 0.15) is 380 Å². The summed E-state index contributed by atoms with van der Waals surface area (Å²) >= 11 is 0. The van der Waals surface area contributed by atoms with Crippen LogP contribution < -0.4 is 0 Å². The van der Waals surface area contributed by atoms with Crippen LogP contribution in [0.5, 0.6) is 0 Å². The summed E-state index contributed by atoms with van der Waals surface area (Å²) in [5.41, 5.74) is 0. The summed E-state index contributed by atoms with van der Waals surface area (Å²) in [6, 6.07) is 0. The molecule has 0 rings (SSSR count). The number of hydrogen-bond acceptors (Lipinski definition) is 6. The van der Waals surface area contributed by atoms with Gasteiger partial charge in [0.25, 0.3) is 0 Å². The molecule has 0 aliphatic heterocycles. The van der Waals surface area contributed by atoms with E-state index in [1.807, 2.05) is 0 Å². The number of hydrogen-bond donors (Lipinski definition) is 0. The van der Waals surface area contributed by atoms with Crippen molar-refractivity contribution in [2.75, 3.05) is 13.2 Å². The van der Waals surface area contributed by atoms with E-state index in [4.69, 9.17) is 14.2 Å². The number of carbonyl (C=O) groups excluding carboxylic acids is 3. The van der Waals surface area contributed by atoms with Gasteiger partial charge in [-0.3, -0.25) is 14.4 Å². The Kier molecular flexibility index (Phi) is 64.1. The van der Waals surface area contributed by atoms with Crippen molar-refractivity contribution in [2.24, 2.45) is 0 Å². The lowest BCUT2D eigenvalue weighted by atomic mass is 10.0. The maximum absolute atomic E-state index is 12.8. The molecule has 0 spiro atoms. The second-order valence-corrected chi connectivity index (χ2v) is 23.4. The molecule has 0 fully saturated rings. The summed E-state index contributed by atoms with van der Waals surface area (Å²) < 4.78 is 16.9. The average molecular weight is 1080 g/mol. The highest BCUT2D eigenvalue weighted by Crippen LogP contribution is 2.18. The van der Waals surface area contributed by atoms with Crippen LogP contribution >= 0.6 is 0 Å². The van der Waals surface area contributed by atoms with Crippen LogP contribution in [0, 0.1) is 0 Å². The normalized spacial score (nSPS) is 12.2. The van der Waals surface area contributed by atoms with Crippen molar-refractivity contribution in [3.63, 3.8) is 0 Å². The molecular weight excluding hydrogens is 949 g/mol. The maximum Gasteiger partial charge on any atom is 0.306 e. The van der Waals surface area contributed by atoms with E-state index in [9.17, 15) is 14.4 Å². The van der Waals surface area contributed by atoms with Gasteiger partial charge in [0, 0.05) is 19.3 Å². The molecule has 77 heavy (non-hydrogen) atoms. The van der Waals surface area contributed by atoms with Crippen molar-refractivity contribution in [3.8, 4) is 0 Å². The van der Waals surface area contributed by atoms with Crippen molar-refractivity contribution in [2.45, 2.75) is 386 Å². The highest BCUT2D eigenvalue weighted by molar-refractivity contribution is 5.71. The van der Waals surface area contributed by atoms with Gasteiger partial charge in [0.15, 0.2) is 6.10 Å². The predicted octanol–water partition coefficient (Wildman–Crippen LogP) is 23.6. The summed E-state index contributed by atoms with van der Waals surface area (Å²) in [4.78, 5) is 38.2. The minimum absolute atomic E-state index is 0.0740. The Morgan fingerprint density at radius 2 is 0.429 bits per heavy atom. The van der Waals surface area contributed by atoms with Gasteiger partial charge >= 0.3 is 17.9 Å². The number of allylic oxidation sites excluding steroid dienone is 6. The molecule has 452 valence electrons. The molecule has 0 bridgehead atoms. The number of unbranched alkanes of at least 4 members (excludes halogenated alkanes) is 47. The zero-order valence-corrected chi connectivity index (χ0v) is 52.0. The molecule has 0 saturated carbocycles. The fraction of sp³-hybridized carbons (Fsp3) is 0.873. The maximum atomic E-state index is 12.8. The lowest BCUT2D eigenvalue weighted by molar-refractivity contribution is -0.167. The number of rotatable bonds is 64. The van der Waals surface area contributed by atoms with Gasteiger partial charge in [-0.05, 0) is 96.3 Å². The zero-order valence-electron chi connectivity index (χ0n) is 52.0. The van der Waals surface area contributed by atoms with Gasteiger partial charge in [-0.2, -0.15) is 0 Å². The molecule has 0 aliphatic rings. The van der Waals surface area contributed by atoms with Gasteiger partial charge in [-0.15, -0.1) is 0 Å². The van der Waals surface area contributed by atoms with Crippen LogP contribution in [0.15, 0.2) is 36.5 Å². The summed E-state index contributed by atoms with van der Waals surface area (Å²) in [7, 11) is 0. The van der Waals surface area contributed by atoms with Gasteiger partial charge in [-0.25, -0.2) is 0 Å². The highest BCUT2D eigenvalue weighted by atomic mass is 16.6. The van der Waals surface area contributed by atoms with Crippen molar-refractivity contribution in [1.29, 1.82) is 0 Å². The molecule has 0 N–H and O–H groups in total. The average Bonchev–Trinajstić information content (AvgIpc) is 3.43. The van der Waals surface area contributed by atoms with Crippen LogP contribution in [0.3, 0.4) is 0 Å². The quantitative estimate of drug-likeness (QED) is 0.0261. The summed E-state index contributed by atoms with van der Waals surface area (Å²) in [5, 5.41) is 0. The summed E-state index contributed by atoms with van der Waals surface area (Å²) in [6.45, 7) is 6.63. The molecule has 0 aliphatic carbocycles. The Balaban J connectivity index is 3.98. The standard InChI is InChI=1S/C71H132O6/c1-4-7-10-13-16-19-22-25-26-27-28-29-30-31-32-33-34-35-36-37-38-39-40-41-42-43-44-45-46-47-50-52-55-58-61-64-70(73)76-67-68(77-71(74)65-62-59-56-53-49-24-21-18-15-12-9-6-3)66-75-69(72)63-60-57-54-51-48-23-20-17-14-11-8-5-2/h17-18,20-21,27-28,68H,4-16,19,22-26,29-67H2,1-3H3/b20-17-,21-18-,28-27-. The first kappa shape index (κ1) is 74.6. The minimum Gasteiger partial charge on any atom is -0.462 e. The SMILES string of the molecule is CCCCC/C=C\CCCCCCCC(=O)OCC(COC(=O)CCCCCCCCCCCCCCCCCCCCCCCCC/C=C\CCCCCCCCCC)OC(=O)CCCCCCC/C=C\CCCCC. The predicted molar refractivity (Wildman–Crippen MR) is 335 cm³/mol. The Labute approximate surface area is 480 Å². The second-order valence-electron chi connectivity index (χ2n) is 23.4. The van der Waals surface area contributed by atoms with Crippen molar-refractivity contribution < 1.29 is 28.6 Å². The van der Waals surface area contributed by atoms with Crippen LogP contribution in [0.25, 0.3) is 0 Å². The number of ether oxygens (including phenoxy) is 3. The molecule has 0 amide bonds. The monoisotopic (exact) mass is 1080 g/mol. The zero-order chi connectivity index (χ0) is 55.7. The third kappa shape index (κ3) is 64.3. The minimum atomic E-state index is -0.777. The third-order valence-corrected chi connectivity index (χ3v) is 15.6. The molecule has 0 radical (unpaired) electrons. The van der Waals surface area contributed by atoms with E-state index >= 15 is 0 Å². The van der Waals surface area contributed by atoms with Gasteiger partial charge in [0.2, 0.25) is 0 Å². The third-order valence-electron chi connectivity index (χ3n) is 15.6. The fourth-order valence-electron chi connectivity index (χ4n) is 10.4. The molecule has 0 heterocycles. The smallest absolute Gasteiger partial charge is 0.306 e. The topological polar surface area (TPSA) is 78.9 Å². The van der Waals surface area contributed by atoms with Crippen LogP contribution in [0.4, 0.5) is 0 Å². The number of carbonyl (C=O) groups is 3.